The number of fused-ring (bicyclic) bond motifs is 1. The Bertz CT molecular complexity index is 763. The summed E-state index contributed by atoms with van der Waals surface area (Å²) >= 11 is 0. The van der Waals surface area contributed by atoms with Crippen LogP contribution in [-0.2, 0) is 17.9 Å². The lowest BCUT2D eigenvalue weighted by Gasteiger charge is -2.28. The number of furan rings is 1. The summed E-state index contributed by atoms with van der Waals surface area (Å²) in [6, 6.07) is 9.23. The average Bonchev–Trinajstić information content (AvgIpc) is 3.31. The van der Waals surface area contributed by atoms with E-state index >= 15 is 0 Å². The van der Waals surface area contributed by atoms with E-state index in [1.807, 2.05) is 24.3 Å². The highest BCUT2D eigenvalue weighted by Gasteiger charge is 2.21. The predicted molar refractivity (Wildman–Crippen MR) is 86.0 cm³/mol. The van der Waals surface area contributed by atoms with Crippen molar-refractivity contribution in [2.75, 3.05) is 13.3 Å². The van der Waals surface area contributed by atoms with Gasteiger partial charge in [-0.1, -0.05) is 6.07 Å². The van der Waals surface area contributed by atoms with Crippen molar-refractivity contribution < 1.29 is 23.0 Å². The van der Waals surface area contributed by atoms with E-state index in [2.05, 4.69) is 16.0 Å². The number of hydrogen-bond donors (Lipinski definition) is 3. The minimum absolute atomic E-state index is 0.0826. The average molecular weight is 347 g/mol. The molecule has 7 nitrogen and oxygen atoms in total. The molecule has 3 heterocycles. The van der Waals surface area contributed by atoms with Crippen LogP contribution in [0.15, 0.2) is 52.7 Å². The van der Waals surface area contributed by atoms with Crippen molar-refractivity contribution in [1.29, 1.82) is 0 Å². The minimum Gasteiger partial charge on any atom is -0.467 e. The molecule has 1 aromatic carbocycles. The van der Waals surface area contributed by atoms with Crippen LogP contribution in [0.1, 0.15) is 11.3 Å². The molecule has 0 aliphatic carbocycles. The van der Waals surface area contributed by atoms with Gasteiger partial charge in [-0.05, 0) is 29.8 Å². The number of benzene rings is 1. The molecule has 8 heteroatoms. The first-order chi connectivity index (χ1) is 12.3. The van der Waals surface area contributed by atoms with Gasteiger partial charge in [0.25, 0.3) is 0 Å². The molecule has 0 saturated heterocycles. The Labute approximate surface area is 143 Å². The topological polar surface area (TPSA) is 76.9 Å². The molecule has 0 saturated carbocycles. The quantitative estimate of drug-likeness (QED) is 0.737. The van der Waals surface area contributed by atoms with Crippen molar-refractivity contribution in [2.45, 2.75) is 19.5 Å². The van der Waals surface area contributed by atoms with Crippen LogP contribution in [0.4, 0.5) is 4.39 Å². The highest BCUT2D eigenvalue weighted by molar-refractivity contribution is 5.44. The highest BCUT2D eigenvalue weighted by atomic mass is 19.1. The number of rotatable bonds is 6. The van der Waals surface area contributed by atoms with Crippen LogP contribution in [0.3, 0.4) is 0 Å². The van der Waals surface area contributed by atoms with E-state index in [9.17, 15) is 4.39 Å². The molecule has 3 N–H and O–H groups in total. The maximum Gasteiger partial charge on any atom is 0.231 e. The number of ether oxygens (including phenoxy) is 3. The molecule has 2 aliphatic rings. The second kappa shape index (κ2) is 7.04. The van der Waals surface area contributed by atoms with Gasteiger partial charge in [0.2, 0.25) is 6.79 Å². The Morgan fingerprint density at radius 1 is 1.24 bits per heavy atom. The molecule has 1 aromatic heterocycles. The lowest BCUT2D eigenvalue weighted by Crippen LogP contribution is -2.51. The first kappa shape index (κ1) is 15.8. The van der Waals surface area contributed by atoms with Crippen LogP contribution >= 0.6 is 0 Å². The summed E-state index contributed by atoms with van der Waals surface area (Å²) in [6.07, 6.45) is 1.07. The molecule has 1 unspecified atom stereocenters. The van der Waals surface area contributed by atoms with Gasteiger partial charge in [-0.15, -0.1) is 0 Å². The Balaban J connectivity index is 1.32. The summed E-state index contributed by atoms with van der Waals surface area (Å²) < 4.78 is 35.5. The van der Waals surface area contributed by atoms with Crippen molar-refractivity contribution in [3.63, 3.8) is 0 Å². The van der Waals surface area contributed by atoms with Gasteiger partial charge in [0.05, 0.1) is 12.8 Å². The van der Waals surface area contributed by atoms with E-state index in [4.69, 9.17) is 18.6 Å². The Morgan fingerprint density at radius 2 is 2.16 bits per heavy atom. The van der Waals surface area contributed by atoms with Crippen molar-refractivity contribution in [3.8, 4) is 11.5 Å². The molecule has 25 heavy (non-hydrogen) atoms. The molecule has 2 aliphatic heterocycles. The van der Waals surface area contributed by atoms with Crippen LogP contribution in [0.5, 0.6) is 11.5 Å². The summed E-state index contributed by atoms with van der Waals surface area (Å²) in [5.41, 5.74) is 0.956. The van der Waals surface area contributed by atoms with E-state index in [-0.39, 0.29) is 25.8 Å². The summed E-state index contributed by atoms with van der Waals surface area (Å²) in [6.45, 7) is 1.04. The molecule has 0 fully saturated rings. The molecule has 0 bridgehead atoms. The van der Waals surface area contributed by atoms with Gasteiger partial charge in [-0.2, -0.15) is 0 Å². The van der Waals surface area contributed by atoms with Gasteiger partial charge in [-0.25, -0.2) is 4.39 Å². The molecule has 4 rings (SSSR count). The zero-order chi connectivity index (χ0) is 17.1. The van der Waals surface area contributed by atoms with Crippen molar-refractivity contribution in [1.82, 2.24) is 16.0 Å². The number of nitrogens with one attached hydrogen (secondary N) is 3. The number of halogens is 1. The van der Waals surface area contributed by atoms with Gasteiger partial charge >= 0.3 is 0 Å². The number of hydrogen-bond acceptors (Lipinski definition) is 7. The molecular formula is C17H18FN3O4. The molecule has 1 atom stereocenters. The fourth-order valence-corrected chi connectivity index (χ4v) is 2.58. The lowest BCUT2D eigenvalue weighted by molar-refractivity contribution is -0.0121. The van der Waals surface area contributed by atoms with Crippen molar-refractivity contribution >= 4 is 0 Å². The monoisotopic (exact) mass is 347 g/mol. The summed E-state index contributed by atoms with van der Waals surface area (Å²) in [5.74, 6) is 2.13. The molecule has 0 amide bonds. The third kappa shape index (κ3) is 3.70. The first-order valence-electron chi connectivity index (χ1n) is 7.93. The Kier molecular flexibility index (Phi) is 4.45. The van der Waals surface area contributed by atoms with Gasteiger partial charge in [0.1, 0.15) is 18.2 Å². The smallest absolute Gasteiger partial charge is 0.231 e. The van der Waals surface area contributed by atoms with E-state index in [1.54, 1.807) is 12.3 Å². The third-order valence-corrected chi connectivity index (χ3v) is 3.87. The van der Waals surface area contributed by atoms with Crippen LogP contribution in [-0.4, -0.2) is 19.7 Å². The Hall–Kier alpha value is -2.71. The zero-order valence-electron chi connectivity index (χ0n) is 13.4. The van der Waals surface area contributed by atoms with Gasteiger partial charge < -0.3 is 29.3 Å². The first-order valence-corrected chi connectivity index (χ1v) is 7.93. The van der Waals surface area contributed by atoms with E-state index in [0.717, 1.165) is 11.3 Å². The van der Waals surface area contributed by atoms with Crippen LogP contribution in [0.2, 0.25) is 0 Å². The van der Waals surface area contributed by atoms with E-state index < -0.39 is 6.35 Å². The van der Waals surface area contributed by atoms with E-state index in [1.165, 1.54) is 0 Å². The van der Waals surface area contributed by atoms with Gasteiger partial charge in [-0.3, -0.25) is 5.32 Å². The summed E-state index contributed by atoms with van der Waals surface area (Å²) in [7, 11) is 0. The fraction of sp³-hybridized carbons (Fsp3) is 0.294. The standard InChI is InChI=1S/C17H18FN3O4/c18-13-8-20-17(23-9-12-2-1-5-22-12)21-16(13)19-7-11-3-4-14-15(6-11)25-10-24-14/h1-6,17,19-21H,7-10H2. The zero-order valence-corrected chi connectivity index (χ0v) is 13.4. The van der Waals surface area contributed by atoms with Crippen LogP contribution in [0, 0.1) is 0 Å². The fourth-order valence-electron chi connectivity index (χ4n) is 2.58. The van der Waals surface area contributed by atoms with Crippen molar-refractivity contribution in [3.05, 3.63) is 59.6 Å². The highest BCUT2D eigenvalue weighted by Crippen LogP contribution is 2.32. The van der Waals surface area contributed by atoms with E-state index in [0.29, 0.717) is 23.9 Å². The van der Waals surface area contributed by atoms with Gasteiger partial charge in [0, 0.05) is 6.54 Å². The van der Waals surface area contributed by atoms with Crippen LogP contribution in [0.25, 0.3) is 0 Å². The van der Waals surface area contributed by atoms with Crippen LogP contribution < -0.4 is 25.4 Å². The molecular weight excluding hydrogens is 329 g/mol. The minimum atomic E-state index is -0.510. The SMILES string of the molecule is FC1=C(NCc2ccc3c(c2)OCO3)NC(OCc2ccco2)NC1. The maximum atomic E-state index is 14.0. The largest absolute Gasteiger partial charge is 0.467 e. The predicted octanol–water partition coefficient (Wildman–Crippen LogP) is 1.93. The lowest BCUT2D eigenvalue weighted by atomic mass is 10.2. The normalized spacial score (nSPS) is 19.0. The van der Waals surface area contributed by atoms with Gasteiger partial charge in [0.15, 0.2) is 23.7 Å². The third-order valence-electron chi connectivity index (χ3n) is 3.87. The molecule has 2 aromatic rings. The maximum absolute atomic E-state index is 14.0. The molecule has 0 spiro atoms. The second-order valence-electron chi connectivity index (χ2n) is 5.62. The summed E-state index contributed by atoms with van der Waals surface area (Å²) in [4.78, 5) is 0. The Morgan fingerprint density at radius 3 is 3.04 bits per heavy atom. The van der Waals surface area contributed by atoms with Crippen molar-refractivity contribution in [2.24, 2.45) is 0 Å². The summed E-state index contributed by atoms with van der Waals surface area (Å²) in [5, 5.41) is 8.92. The molecule has 0 radical (unpaired) electrons. The second-order valence-corrected chi connectivity index (χ2v) is 5.62. The molecule has 132 valence electrons.